The summed E-state index contributed by atoms with van der Waals surface area (Å²) in [6, 6.07) is 2.40. The molecular formula is C14H16FN3O3. The van der Waals surface area contributed by atoms with Crippen LogP contribution >= 0.6 is 0 Å². The van der Waals surface area contributed by atoms with Crippen LogP contribution in [0.5, 0.6) is 0 Å². The number of benzene rings is 1. The quantitative estimate of drug-likeness (QED) is 0.792. The first-order chi connectivity index (χ1) is 9.97. The van der Waals surface area contributed by atoms with Crippen LogP contribution in [0, 0.1) is 5.82 Å². The van der Waals surface area contributed by atoms with Crippen molar-refractivity contribution in [1.29, 1.82) is 0 Å². The van der Waals surface area contributed by atoms with Gasteiger partial charge in [0.1, 0.15) is 5.82 Å². The van der Waals surface area contributed by atoms with Gasteiger partial charge in [0.05, 0.1) is 11.3 Å². The topological polar surface area (TPSA) is 86.9 Å². The van der Waals surface area contributed by atoms with Crippen LogP contribution < -0.4 is 10.6 Å². The van der Waals surface area contributed by atoms with Crippen molar-refractivity contribution in [1.82, 2.24) is 4.90 Å². The molecule has 0 saturated carbocycles. The molecule has 1 atom stereocenters. The van der Waals surface area contributed by atoms with E-state index in [0.29, 0.717) is 26.1 Å². The highest BCUT2D eigenvalue weighted by Gasteiger charge is 2.36. The van der Waals surface area contributed by atoms with Crippen LogP contribution in [0.4, 0.5) is 15.8 Å². The number of hydrogen-bond donors (Lipinski definition) is 2. The average molecular weight is 293 g/mol. The fourth-order valence-corrected chi connectivity index (χ4v) is 3.09. The van der Waals surface area contributed by atoms with Crippen LogP contribution in [0.1, 0.15) is 23.2 Å². The molecule has 2 fully saturated rings. The molecule has 1 amide bonds. The first-order valence-corrected chi connectivity index (χ1v) is 6.84. The number of carbonyl (C=O) groups is 2. The van der Waals surface area contributed by atoms with E-state index in [1.807, 2.05) is 4.90 Å². The third kappa shape index (κ3) is 2.28. The van der Waals surface area contributed by atoms with E-state index in [-0.39, 0.29) is 28.9 Å². The minimum Gasteiger partial charge on any atom is -0.478 e. The molecule has 0 aromatic heterocycles. The number of nitrogens with two attached hydrogens (primary N) is 1. The molecule has 21 heavy (non-hydrogen) atoms. The molecule has 0 spiro atoms. The normalized spacial score (nSPS) is 21.6. The summed E-state index contributed by atoms with van der Waals surface area (Å²) in [5, 5.41) is 9.09. The molecule has 1 aromatic carbocycles. The molecule has 3 N–H and O–H groups in total. The van der Waals surface area contributed by atoms with Crippen molar-refractivity contribution in [2.45, 2.75) is 18.9 Å². The van der Waals surface area contributed by atoms with Gasteiger partial charge in [0, 0.05) is 37.8 Å². The molecule has 3 rings (SSSR count). The summed E-state index contributed by atoms with van der Waals surface area (Å²) in [4.78, 5) is 26.4. The zero-order valence-electron chi connectivity index (χ0n) is 11.4. The van der Waals surface area contributed by atoms with Crippen molar-refractivity contribution < 1.29 is 19.1 Å². The Morgan fingerprint density at radius 1 is 1.38 bits per heavy atom. The molecule has 2 aliphatic rings. The Kier molecular flexibility index (Phi) is 3.19. The number of carboxylic acid groups (broad SMARTS) is 1. The number of piperazine rings is 1. The van der Waals surface area contributed by atoms with Crippen molar-refractivity contribution >= 4 is 23.3 Å². The van der Waals surface area contributed by atoms with Crippen molar-refractivity contribution in [2.24, 2.45) is 0 Å². The number of amides is 1. The largest absolute Gasteiger partial charge is 0.478 e. The molecule has 112 valence electrons. The summed E-state index contributed by atoms with van der Waals surface area (Å²) in [5.41, 5.74) is 5.58. The number of carbonyl (C=O) groups excluding carboxylic acids is 1. The Labute approximate surface area is 120 Å². The van der Waals surface area contributed by atoms with Crippen LogP contribution in [0.15, 0.2) is 12.1 Å². The van der Waals surface area contributed by atoms with Crippen LogP contribution in [-0.2, 0) is 4.79 Å². The van der Waals surface area contributed by atoms with Gasteiger partial charge in [-0.25, -0.2) is 9.18 Å². The summed E-state index contributed by atoms with van der Waals surface area (Å²) >= 11 is 0. The number of fused-ring (bicyclic) bond motifs is 1. The molecule has 2 saturated heterocycles. The lowest BCUT2D eigenvalue weighted by Crippen LogP contribution is -2.51. The zero-order valence-corrected chi connectivity index (χ0v) is 11.4. The standard InChI is InChI=1S/C14H16FN3O3/c15-10-6-11(16)9(14(20)21)5-12(10)17-3-4-18-8(7-17)1-2-13(18)19/h5-6,8H,1-4,7,16H2,(H,20,21). The molecule has 1 unspecified atom stereocenters. The second-order valence-corrected chi connectivity index (χ2v) is 5.42. The van der Waals surface area contributed by atoms with Crippen LogP contribution in [-0.4, -0.2) is 47.6 Å². The molecule has 0 bridgehead atoms. The van der Waals surface area contributed by atoms with E-state index in [4.69, 9.17) is 10.8 Å². The van der Waals surface area contributed by atoms with Crippen molar-refractivity contribution in [2.75, 3.05) is 30.3 Å². The Bertz CT molecular complexity index is 620. The number of carboxylic acids is 1. The smallest absolute Gasteiger partial charge is 0.337 e. The predicted octanol–water partition coefficient (Wildman–Crippen LogP) is 0.917. The first-order valence-electron chi connectivity index (χ1n) is 6.84. The second-order valence-electron chi connectivity index (χ2n) is 5.42. The van der Waals surface area contributed by atoms with Crippen LogP contribution in [0.2, 0.25) is 0 Å². The van der Waals surface area contributed by atoms with Crippen molar-refractivity contribution in [3.63, 3.8) is 0 Å². The first kappa shape index (κ1) is 13.7. The fourth-order valence-electron chi connectivity index (χ4n) is 3.09. The average Bonchev–Trinajstić information content (AvgIpc) is 2.79. The molecule has 0 radical (unpaired) electrons. The molecular weight excluding hydrogens is 277 g/mol. The molecule has 2 aliphatic heterocycles. The lowest BCUT2D eigenvalue weighted by Gasteiger charge is -2.39. The van der Waals surface area contributed by atoms with E-state index in [0.717, 1.165) is 12.5 Å². The SMILES string of the molecule is Nc1cc(F)c(N2CCN3C(=O)CCC3C2)cc1C(=O)O. The Morgan fingerprint density at radius 2 is 2.14 bits per heavy atom. The van der Waals surface area contributed by atoms with E-state index in [9.17, 15) is 14.0 Å². The van der Waals surface area contributed by atoms with Gasteiger partial charge in [-0.15, -0.1) is 0 Å². The zero-order chi connectivity index (χ0) is 15.1. The van der Waals surface area contributed by atoms with E-state index in [1.54, 1.807) is 4.90 Å². The number of aromatic carboxylic acids is 1. The number of nitrogen functional groups attached to an aromatic ring is 1. The Hall–Kier alpha value is -2.31. The predicted molar refractivity (Wildman–Crippen MR) is 74.7 cm³/mol. The maximum Gasteiger partial charge on any atom is 0.337 e. The van der Waals surface area contributed by atoms with E-state index < -0.39 is 11.8 Å². The number of anilines is 2. The minimum atomic E-state index is -1.18. The van der Waals surface area contributed by atoms with Gasteiger partial charge in [0.2, 0.25) is 5.91 Å². The number of nitrogens with zero attached hydrogens (tertiary/aromatic N) is 2. The lowest BCUT2D eigenvalue weighted by molar-refractivity contribution is -0.129. The molecule has 0 aliphatic carbocycles. The molecule has 7 heteroatoms. The van der Waals surface area contributed by atoms with Gasteiger partial charge in [0.15, 0.2) is 0 Å². The third-order valence-corrected chi connectivity index (χ3v) is 4.18. The van der Waals surface area contributed by atoms with Gasteiger partial charge >= 0.3 is 5.97 Å². The number of rotatable bonds is 2. The van der Waals surface area contributed by atoms with Crippen LogP contribution in [0.25, 0.3) is 0 Å². The van der Waals surface area contributed by atoms with Gasteiger partial charge in [-0.05, 0) is 18.6 Å². The van der Waals surface area contributed by atoms with E-state index in [1.165, 1.54) is 6.07 Å². The summed E-state index contributed by atoms with van der Waals surface area (Å²) in [6.45, 7) is 1.55. The maximum absolute atomic E-state index is 14.1. The Balaban J connectivity index is 1.89. The minimum absolute atomic E-state index is 0.0801. The summed E-state index contributed by atoms with van der Waals surface area (Å²) in [6.07, 6.45) is 1.29. The second kappa shape index (κ2) is 4.91. The van der Waals surface area contributed by atoms with Gasteiger partial charge < -0.3 is 20.6 Å². The molecule has 2 heterocycles. The highest BCUT2D eigenvalue weighted by molar-refractivity contribution is 5.95. The van der Waals surface area contributed by atoms with Gasteiger partial charge in [-0.2, -0.15) is 0 Å². The van der Waals surface area contributed by atoms with Crippen molar-refractivity contribution in [3.05, 3.63) is 23.5 Å². The van der Waals surface area contributed by atoms with E-state index >= 15 is 0 Å². The van der Waals surface area contributed by atoms with E-state index in [2.05, 4.69) is 0 Å². The number of hydrogen-bond acceptors (Lipinski definition) is 4. The molecule has 6 nitrogen and oxygen atoms in total. The van der Waals surface area contributed by atoms with Gasteiger partial charge in [0.25, 0.3) is 0 Å². The summed E-state index contributed by atoms with van der Waals surface area (Å²) < 4.78 is 14.1. The monoisotopic (exact) mass is 293 g/mol. The summed E-state index contributed by atoms with van der Waals surface area (Å²) in [7, 11) is 0. The molecule has 1 aromatic rings. The number of halogens is 1. The van der Waals surface area contributed by atoms with Gasteiger partial charge in [-0.3, -0.25) is 4.79 Å². The summed E-state index contributed by atoms with van der Waals surface area (Å²) in [5.74, 6) is -1.57. The maximum atomic E-state index is 14.1. The highest BCUT2D eigenvalue weighted by atomic mass is 19.1. The third-order valence-electron chi connectivity index (χ3n) is 4.18. The highest BCUT2D eigenvalue weighted by Crippen LogP contribution is 2.30. The van der Waals surface area contributed by atoms with Crippen molar-refractivity contribution in [3.8, 4) is 0 Å². The fraction of sp³-hybridized carbons (Fsp3) is 0.429. The van der Waals surface area contributed by atoms with Crippen LogP contribution in [0.3, 0.4) is 0 Å². The lowest BCUT2D eigenvalue weighted by atomic mass is 10.1. The Morgan fingerprint density at radius 3 is 2.86 bits per heavy atom. The van der Waals surface area contributed by atoms with Gasteiger partial charge in [-0.1, -0.05) is 0 Å².